The van der Waals surface area contributed by atoms with Gasteiger partial charge in [0.2, 0.25) is 0 Å². The van der Waals surface area contributed by atoms with Gasteiger partial charge in [-0.15, -0.1) is 0 Å². The molecule has 1 unspecified atom stereocenters. The van der Waals surface area contributed by atoms with Crippen LogP contribution < -0.4 is 5.32 Å². The number of benzene rings is 1. The molecule has 3 heteroatoms. The molecule has 2 rings (SSSR count). The van der Waals surface area contributed by atoms with Gasteiger partial charge in [-0.3, -0.25) is 0 Å². The summed E-state index contributed by atoms with van der Waals surface area (Å²) < 4.78 is 0. The summed E-state index contributed by atoms with van der Waals surface area (Å²) in [6, 6.07) is 9.18. The van der Waals surface area contributed by atoms with E-state index in [2.05, 4.69) is 48.3 Å². The van der Waals surface area contributed by atoms with Crippen molar-refractivity contribution in [2.45, 2.75) is 45.3 Å². The lowest BCUT2D eigenvalue weighted by atomic mass is 10.1. The highest BCUT2D eigenvalue weighted by Crippen LogP contribution is 2.13. The molecule has 0 aliphatic carbocycles. The summed E-state index contributed by atoms with van der Waals surface area (Å²) in [4.78, 5) is 2.46. The highest BCUT2D eigenvalue weighted by Gasteiger charge is 2.16. The molecule has 0 radical (unpaired) electrons. The van der Waals surface area contributed by atoms with Gasteiger partial charge in [-0.05, 0) is 51.8 Å². The molecule has 0 amide bonds. The average molecular weight is 276 g/mol. The third kappa shape index (κ3) is 4.89. The summed E-state index contributed by atoms with van der Waals surface area (Å²) in [6.45, 7) is 8.64. The van der Waals surface area contributed by atoms with Crippen LogP contribution in [0.3, 0.4) is 0 Å². The number of aliphatic hydroxyl groups excluding tert-OH is 1. The molecular formula is C17H28N2O. The fourth-order valence-electron chi connectivity index (χ4n) is 2.74. The van der Waals surface area contributed by atoms with Gasteiger partial charge in [-0.25, -0.2) is 0 Å². The Hall–Kier alpha value is -0.900. The van der Waals surface area contributed by atoms with Crippen molar-refractivity contribution in [3.8, 4) is 0 Å². The number of hydrogen-bond acceptors (Lipinski definition) is 3. The Balaban J connectivity index is 1.62. The minimum absolute atomic E-state index is 0.0639. The van der Waals surface area contributed by atoms with Crippen molar-refractivity contribution < 1.29 is 5.11 Å². The largest absolute Gasteiger partial charge is 0.393 e. The maximum atomic E-state index is 9.48. The van der Waals surface area contributed by atoms with Gasteiger partial charge in [-0.2, -0.15) is 0 Å². The average Bonchev–Trinajstić information content (AvgIpc) is 2.46. The number of hydrogen-bond donors (Lipinski definition) is 2. The van der Waals surface area contributed by atoms with Crippen LogP contribution in [0.25, 0.3) is 0 Å². The number of piperidine rings is 1. The molecule has 0 aromatic heterocycles. The monoisotopic (exact) mass is 276 g/mol. The first kappa shape index (κ1) is 15.5. The molecule has 0 spiro atoms. The van der Waals surface area contributed by atoms with Crippen molar-refractivity contribution >= 4 is 0 Å². The van der Waals surface area contributed by atoms with Crippen molar-refractivity contribution in [3.63, 3.8) is 0 Å². The second-order valence-electron chi connectivity index (χ2n) is 6.01. The minimum Gasteiger partial charge on any atom is -0.393 e. The smallest absolute Gasteiger partial charge is 0.0564 e. The molecule has 3 nitrogen and oxygen atoms in total. The van der Waals surface area contributed by atoms with E-state index in [1.807, 2.05) is 0 Å². The quantitative estimate of drug-likeness (QED) is 0.784. The fourth-order valence-corrected chi connectivity index (χ4v) is 2.74. The lowest BCUT2D eigenvalue weighted by Crippen LogP contribution is -2.37. The fraction of sp³-hybridized carbons (Fsp3) is 0.647. The van der Waals surface area contributed by atoms with E-state index in [0.29, 0.717) is 6.04 Å². The van der Waals surface area contributed by atoms with Crippen LogP contribution >= 0.6 is 0 Å². The number of nitrogens with zero attached hydrogens (tertiary/aromatic N) is 1. The van der Waals surface area contributed by atoms with E-state index >= 15 is 0 Å². The Bertz CT molecular complexity index is 382. The molecule has 1 heterocycles. The molecule has 20 heavy (non-hydrogen) atoms. The zero-order valence-corrected chi connectivity index (χ0v) is 12.8. The van der Waals surface area contributed by atoms with Crippen LogP contribution in [0.15, 0.2) is 24.3 Å². The summed E-state index contributed by atoms with van der Waals surface area (Å²) in [5.74, 6) is 0. The van der Waals surface area contributed by atoms with E-state index in [1.54, 1.807) is 0 Å². The molecule has 1 aliphatic heterocycles. The molecule has 1 saturated heterocycles. The van der Waals surface area contributed by atoms with Gasteiger partial charge in [0.15, 0.2) is 0 Å². The second-order valence-corrected chi connectivity index (χ2v) is 6.01. The lowest BCUT2D eigenvalue weighted by Gasteiger charge is -2.29. The normalized spacial score (nSPS) is 19.1. The minimum atomic E-state index is -0.0639. The van der Waals surface area contributed by atoms with Crippen LogP contribution in [0.1, 0.15) is 43.4 Å². The highest BCUT2D eigenvalue weighted by atomic mass is 16.3. The molecule has 1 atom stereocenters. The van der Waals surface area contributed by atoms with Crippen molar-refractivity contribution in [1.29, 1.82) is 0 Å². The van der Waals surface area contributed by atoms with Gasteiger partial charge in [0.25, 0.3) is 0 Å². The van der Waals surface area contributed by atoms with Crippen molar-refractivity contribution in [3.05, 3.63) is 35.4 Å². The molecule has 1 fully saturated rings. The first-order chi connectivity index (χ1) is 9.65. The van der Waals surface area contributed by atoms with Crippen LogP contribution in [0.5, 0.6) is 0 Å². The van der Waals surface area contributed by atoms with E-state index < -0.39 is 0 Å². The molecular weight excluding hydrogens is 248 g/mol. The number of aryl methyl sites for hydroxylation is 1. The number of nitrogens with one attached hydrogen (secondary N) is 1. The van der Waals surface area contributed by atoms with Crippen molar-refractivity contribution in [1.82, 2.24) is 10.2 Å². The van der Waals surface area contributed by atoms with Gasteiger partial charge >= 0.3 is 0 Å². The lowest BCUT2D eigenvalue weighted by molar-refractivity contribution is 0.0820. The van der Waals surface area contributed by atoms with Gasteiger partial charge in [0.1, 0.15) is 0 Å². The first-order valence-corrected chi connectivity index (χ1v) is 7.85. The molecule has 1 aliphatic rings. The molecule has 0 bridgehead atoms. The van der Waals surface area contributed by atoms with E-state index in [9.17, 15) is 5.11 Å². The molecule has 2 N–H and O–H groups in total. The van der Waals surface area contributed by atoms with E-state index in [0.717, 1.165) is 39.0 Å². The third-order valence-corrected chi connectivity index (χ3v) is 4.24. The summed E-state index contributed by atoms with van der Waals surface area (Å²) in [5.41, 5.74) is 2.67. The van der Waals surface area contributed by atoms with E-state index in [-0.39, 0.29) is 6.10 Å². The van der Waals surface area contributed by atoms with Gasteiger partial charge < -0.3 is 15.3 Å². The Morgan fingerprint density at radius 2 is 1.90 bits per heavy atom. The predicted octanol–water partition coefficient (Wildman–Crippen LogP) is 2.49. The van der Waals surface area contributed by atoms with Crippen LogP contribution in [0.4, 0.5) is 0 Å². The molecule has 1 aromatic rings. The SMILES string of the molecule is Cc1ccc(C(C)NCCCN2CCC(O)CC2)cc1. The summed E-state index contributed by atoms with van der Waals surface area (Å²) in [5, 5.41) is 13.1. The zero-order valence-electron chi connectivity index (χ0n) is 12.8. The molecule has 0 saturated carbocycles. The Kier molecular flexibility index (Phi) is 6.02. The van der Waals surface area contributed by atoms with E-state index in [1.165, 1.54) is 17.5 Å². The summed E-state index contributed by atoms with van der Waals surface area (Å²) in [6.07, 6.45) is 2.98. The molecule has 112 valence electrons. The van der Waals surface area contributed by atoms with Gasteiger partial charge in [0, 0.05) is 19.1 Å². The topological polar surface area (TPSA) is 35.5 Å². The van der Waals surface area contributed by atoms with Gasteiger partial charge in [-0.1, -0.05) is 29.8 Å². The maximum Gasteiger partial charge on any atom is 0.0564 e. The third-order valence-electron chi connectivity index (χ3n) is 4.24. The summed E-state index contributed by atoms with van der Waals surface area (Å²) in [7, 11) is 0. The Morgan fingerprint density at radius 3 is 2.55 bits per heavy atom. The Morgan fingerprint density at radius 1 is 1.25 bits per heavy atom. The Labute approximate surface area is 123 Å². The van der Waals surface area contributed by atoms with Crippen LogP contribution in [0, 0.1) is 6.92 Å². The summed E-state index contributed by atoms with van der Waals surface area (Å²) >= 11 is 0. The number of rotatable bonds is 6. The molecule has 1 aromatic carbocycles. The van der Waals surface area contributed by atoms with Crippen LogP contribution in [0.2, 0.25) is 0 Å². The van der Waals surface area contributed by atoms with Crippen LogP contribution in [-0.2, 0) is 0 Å². The van der Waals surface area contributed by atoms with Crippen molar-refractivity contribution in [2.24, 2.45) is 0 Å². The number of aliphatic hydroxyl groups is 1. The predicted molar refractivity (Wildman–Crippen MR) is 83.9 cm³/mol. The van der Waals surface area contributed by atoms with Gasteiger partial charge in [0.05, 0.1) is 6.10 Å². The zero-order chi connectivity index (χ0) is 14.4. The van der Waals surface area contributed by atoms with Crippen LogP contribution in [-0.4, -0.2) is 42.3 Å². The maximum absolute atomic E-state index is 9.48. The van der Waals surface area contributed by atoms with E-state index in [4.69, 9.17) is 0 Å². The standard InChI is InChI=1S/C17H28N2O/c1-14-4-6-16(7-5-14)15(2)18-10-3-11-19-12-8-17(20)9-13-19/h4-7,15,17-18,20H,3,8-13H2,1-2H3. The number of likely N-dealkylation sites (tertiary alicyclic amines) is 1. The van der Waals surface area contributed by atoms with Crippen molar-refractivity contribution in [2.75, 3.05) is 26.2 Å². The second kappa shape index (κ2) is 7.77. The first-order valence-electron chi connectivity index (χ1n) is 7.85. The highest BCUT2D eigenvalue weighted by molar-refractivity contribution is 5.23.